The van der Waals surface area contributed by atoms with Gasteiger partial charge in [-0.25, -0.2) is 9.37 Å². The second-order valence-corrected chi connectivity index (χ2v) is 5.79. The van der Waals surface area contributed by atoms with Crippen molar-refractivity contribution in [3.05, 3.63) is 83.9 Å². The van der Waals surface area contributed by atoms with E-state index in [9.17, 15) is 9.18 Å². The summed E-state index contributed by atoms with van der Waals surface area (Å²) in [5.41, 5.74) is 2.34. The Bertz CT molecular complexity index is 896. The van der Waals surface area contributed by atoms with E-state index < -0.39 is 0 Å². The number of halogens is 1. The molecular weight excluding hydrogens is 345 g/mol. The molecule has 27 heavy (non-hydrogen) atoms. The van der Waals surface area contributed by atoms with Crippen molar-refractivity contribution >= 4 is 17.3 Å². The van der Waals surface area contributed by atoms with Gasteiger partial charge in [0.15, 0.2) is 0 Å². The van der Waals surface area contributed by atoms with Crippen LogP contribution in [0.2, 0.25) is 0 Å². The zero-order valence-corrected chi connectivity index (χ0v) is 14.9. The number of carbonyl (C=O) groups excluding carboxylic acids is 1. The molecule has 1 aromatic heterocycles. The third-order valence-corrected chi connectivity index (χ3v) is 3.85. The summed E-state index contributed by atoms with van der Waals surface area (Å²) < 4.78 is 19.0. The number of pyridine rings is 1. The van der Waals surface area contributed by atoms with Gasteiger partial charge in [0, 0.05) is 17.8 Å². The molecule has 5 nitrogen and oxygen atoms in total. The lowest BCUT2D eigenvalue weighted by atomic mass is 10.2. The van der Waals surface area contributed by atoms with E-state index in [1.807, 2.05) is 31.2 Å². The summed E-state index contributed by atoms with van der Waals surface area (Å²) in [6.45, 7) is 2.67. The molecule has 0 saturated carbocycles. The number of ether oxygens (including phenoxy) is 1. The minimum Gasteiger partial charge on any atom is -0.494 e. The number of nitrogens with one attached hydrogen (secondary N) is 2. The maximum absolute atomic E-state index is 13.6. The van der Waals surface area contributed by atoms with Crippen molar-refractivity contribution < 1.29 is 13.9 Å². The molecule has 0 aliphatic rings. The first-order chi connectivity index (χ1) is 13.2. The number of nitrogens with zero attached hydrogens (tertiary/aromatic N) is 1. The zero-order valence-electron chi connectivity index (χ0n) is 14.9. The largest absolute Gasteiger partial charge is 0.494 e. The molecule has 0 spiro atoms. The summed E-state index contributed by atoms with van der Waals surface area (Å²) in [6, 6.07) is 17.3. The van der Waals surface area contributed by atoms with Crippen molar-refractivity contribution in [1.82, 2.24) is 10.3 Å². The number of carbonyl (C=O) groups is 1. The van der Waals surface area contributed by atoms with Gasteiger partial charge in [-0.3, -0.25) is 4.79 Å². The fourth-order valence-corrected chi connectivity index (χ4v) is 2.48. The first-order valence-corrected chi connectivity index (χ1v) is 8.63. The molecule has 2 N–H and O–H groups in total. The third kappa shape index (κ3) is 5.04. The van der Waals surface area contributed by atoms with Crippen LogP contribution in [0.3, 0.4) is 0 Å². The fraction of sp³-hybridized carbons (Fsp3) is 0.143. The lowest BCUT2D eigenvalue weighted by Gasteiger charge is -2.09. The van der Waals surface area contributed by atoms with Crippen LogP contribution in [0.4, 0.5) is 15.8 Å². The van der Waals surface area contributed by atoms with Crippen LogP contribution in [0.25, 0.3) is 0 Å². The molecule has 0 atom stereocenters. The van der Waals surface area contributed by atoms with Gasteiger partial charge in [-0.05, 0) is 49.4 Å². The van der Waals surface area contributed by atoms with Gasteiger partial charge in [-0.2, -0.15) is 0 Å². The van der Waals surface area contributed by atoms with Crippen molar-refractivity contribution in [1.29, 1.82) is 0 Å². The molecule has 0 aliphatic heterocycles. The molecule has 3 aromatic rings. The minimum atomic E-state index is -0.356. The number of benzene rings is 2. The molecule has 0 fully saturated rings. The monoisotopic (exact) mass is 365 g/mol. The van der Waals surface area contributed by atoms with Crippen LogP contribution in [0.1, 0.15) is 23.0 Å². The summed E-state index contributed by atoms with van der Waals surface area (Å²) in [6.07, 6.45) is 1.58. The van der Waals surface area contributed by atoms with Crippen LogP contribution in [0.15, 0.2) is 66.9 Å². The fourth-order valence-electron chi connectivity index (χ4n) is 2.48. The van der Waals surface area contributed by atoms with Crippen LogP contribution in [0, 0.1) is 5.82 Å². The van der Waals surface area contributed by atoms with Gasteiger partial charge in [0.05, 0.1) is 18.5 Å². The highest BCUT2D eigenvalue weighted by molar-refractivity contribution is 5.92. The highest BCUT2D eigenvalue weighted by atomic mass is 19.1. The molecule has 3 rings (SSSR count). The summed E-state index contributed by atoms with van der Waals surface area (Å²) in [5.74, 6) is 0.106. The molecule has 0 unspecified atom stereocenters. The molecule has 0 bridgehead atoms. The van der Waals surface area contributed by atoms with E-state index in [4.69, 9.17) is 4.74 Å². The molecule has 138 valence electrons. The van der Waals surface area contributed by atoms with Crippen LogP contribution in [0.5, 0.6) is 5.75 Å². The maximum atomic E-state index is 13.6. The van der Waals surface area contributed by atoms with E-state index >= 15 is 0 Å². The maximum Gasteiger partial charge on any atom is 0.270 e. The number of anilines is 2. The second kappa shape index (κ2) is 8.80. The molecule has 6 heteroatoms. The highest BCUT2D eigenvalue weighted by Gasteiger charge is 2.08. The first kappa shape index (κ1) is 18.4. The van der Waals surface area contributed by atoms with Gasteiger partial charge < -0.3 is 15.4 Å². The number of aromatic nitrogens is 1. The highest BCUT2D eigenvalue weighted by Crippen LogP contribution is 2.19. The number of hydrogen-bond acceptors (Lipinski definition) is 4. The number of amides is 1. The normalized spacial score (nSPS) is 10.3. The Labute approximate surface area is 157 Å². The molecule has 1 heterocycles. The molecular formula is C21H20FN3O2. The van der Waals surface area contributed by atoms with Crippen LogP contribution in [-0.2, 0) is 6.54 Å². The predicted molar refractivity (Wildman–Crippen MR) is 103 cm³/mol. The minimum absolute atomic E-state index is 0.110. The smallest absolute Gasteiger partial charge is 0.270 e. The zero-order chi connectivity index (χ0) is 19.1. The van der Waals surface area contributed by atoms with Gasteiger partial charge in [0.2, 0.25) is 0 Å². The Morgan fingerprint density at radius 1 is 1.04 bits per heavy atom. The third-order valence-electron chi connectivity index (χ3n) is 3.85. The summed E-state index contributed by atoms with van der Waals surface area (Å²) in [5, 5.41) is 5.87. The summed E-state index contributed by atoms with van der Waals surface area (Å²) in [7, 11) is 0. The van der Waals surface area contributed by atoms with E-state index in [0.717, 1.165) is 17.1 Å². The lowest BCUT2D eigenvalue weighted by molar-refractivity contribution is 0.0945. The van der Waals surface area contributed by atoms with Crippen LogP contribution < -0.4 is 15.4 Å². The summed E-state index contributed by atoms with van der Waals surface area (Å²) >= 11 is 0. The van der Waals surface area contributed by atoms with Crippen molar-refractivity contribution in [2.24, 2.45) is 0 Å². The van der Waals surface area contributed by atoms with Gasteiger partial charge in [-0.15, -0.1) is 0 Å². The molecule has 0 radical (unpaired) electrons. The molecule has 0 aliphatic carbocycles. The summed E-state index contributed by atoms with van der Waals surface area (Å²) in [4.78, 5) is 16.3. The Morgan fingerprint density at radius 2 is 1.78 bits per heavy atom. The predicted octanol–water partition coefficient (Wildman–Crippen LogP) is 4.29. The first-order valence-electron chi connectivity index (χ1n) is 8.63. The van der Waals surface area contributed by atoms with Crippen LogP contribution in [-0.4, -0.2) is 17.5 Å². The molecule has 2 aromatic carbocycles. The Kier molecular flexibility index (Phi) is 5.99. The standard InChI is InChI=1S/C21H20FN3O2/c1-2-27-18-10-7-16(8-11-18)25-17-9-12-20(23-14-17)21(26)24-13-15-5-3-4-6-19(15)22/h3-12,14,25H,2,13H2,1H3,(H,24,26). The Balaban J connectivity index is 1.57. The van der Waals surface area contributed by atoms with Gasteiger partial charge >= 0.3 is 0 Å². The Morgan fingerprint density at radius 3 is 2.44 bits per heavy atom. The van der Waals surface area contributed by atoms with Crippen molar-refractivity contribution in [2.45, 2.75) is 13.5 Å². The molecule has 0 saturated heterocycles. The second-order valence-electron chi connectivity index (χ2n) is 5.79. The number of rotatable bonds is 7. The van der Waals surface area contributed by atoms with E-state index in [1.54, 1.807) is 36.5 Å². The lowest BCUT2D eigenvalue weighted by Crippen LogP contribution is -2.24. The van der Waals surface area contributed by atoms with Crippen molar-refractivity contribution in [3.8, 4) is 5.75 Å². The Hall–Kier alpha value is -3.41. The van der Waals surface area contributed by atoms with Gasteiger partial charge in [0.25, 0.3) is 5.91 Å². The van der Waals surface area contributed by atoms with E-state index in [2.05, 4.69) is 15.6 Å². The average Bonchev–Trinajstić information content (AvgIpc) is 2.69. The van der Waals surface area contributed by atoms with Crippen molar-refractivity contribution in [2.75, 3.05) is 11.9 Å². The van der Waals surface area contributed by atoms with E-state index in [0.29, 0.717) is 12.2 Å². The van der Waals surface area contributed by atoms with Crippen molar-refractivity contribution in [3.63, 3.8) is 0 Å². The average molecular weight is 365 g/mol. The topological polar surface area (TPSA) is 63.2 Å². The molecule has 1 amide bonds. The SMILES string of the molecule is CCOc1ccc(Nc2ccc(C(=O)NCc3ccccc3F)nc2)cc1. The van der Waals surface area contributed by atoms with E-state index in [-0.39, 0.29) is 24.0 Å². The van der Waals surface area contributed by atoms with Gasteiger partial charge in [0.1, 0.15) is 17.3 Å². The van der Waals surface area contributed by atoms with Gasteiger partial charge in [-0.1, -0.05) is 18.2 Å². The van der Waals surface area contributed by atoms with Crippen LogP contribution >= 0.6 is 0 Å². The quantitative estimate of drug-likeness (QED) is 0.655. The van der Waals surface area contributed by atoms with E-state index in [1.165, 1.54) is 6.07 Å². The number of hydrogen-bond donors (Lipinski definition) is 2.